The Balaban J connectivity index is 2.14. The van der Waals surface area contributed by atoms with Crippen LogP contribution in [0.15, 0.2) is 54.6 Å². The van der Waals surface area contributed by atoms with E-state index in [4.69, 9.17) is 10.5 Å². The van der Waals surface area contributed by atoms with E-state index < -0.39 is 48.7 Å². The van der Waals surface area contributed by atoms with E-state index in [0.717, 1.165) is 12.0 Å². The number of benzene rings is 2. The molecular weight excluding hydrogens is 558 g/mol. The Kier molecular flexibility index (Phi) is 15.0. The number of ether oxygens (including phenoxy) is 1. The second-order valence-electron chi connectivity index (χ2n) is 9.94. The van der Waals surface area contributed by atoms with Crippen LogP contribution in [0.2, 0.25) is 0 Å². The van der Waals surface area contributed by atoms with E-state index in [9.17, 15) is 34.2 Å². The van der Waals surface area contributed by atoms with E-state index in [1.165, 1.54) is 12.1 Å². The number of ketones is 1. The highest BCUT2D eigenvalue weighted by molar-refractivity contribution is 5.94. The number of amides is 5. The van der Waals surface area contributed by atoms with Crippen LogP contribution in [-0.4, -0.2) is 71.2 Å². The van der Waals surface area contributed by atoms with Gasteiger partial charge in [0.2, 0.25) is 11.8 Å². The zero-order valence-corrected chi connectivity index (χ0v) is 24.2. The van der Waals surface area contributed by atoms with Crippen LogP contribution in [0.3, 0.4) is 0 Å². The maximum Gasteiger partial charge on any atom is 0.408 e. The topological polar surface area (TPSA) is 209 Å². The summed E-state index contributed by atoms with van der Waals surface area (Å²) in [5.41, 5.74) is 6.41. The van der Waals surface area contributed by atoms with Crippen LogP contribution in [-0.2, 0) is 32.1 Å². The zero-order valence-electron chi connectivity index (χ0n) is 24.2. The van der Waals surface area contributed by atoms with Crippen molar-refractivity contribution in [3.05, 3.63) is 65.7 Å². The first-order chi connectivity index (χ1) is 20.6. The quantitative estimate of drug-likeness (QED) is 0.124. The van der Waals surface area contributed by atoms with E-state index in [1.54, 1.807) is 36.4 Å². The first-order valence-corrected chi connectivity index (χ1v) is 14.2. The van der Waals surface area contributed by atoms with Crippen molar-refractivity contribution in [1.29, 1.82) is 0 Å². The summed E-state index contributed by atoms with van der Waals surface area (Å²) in [6, 6.07) is 10.6. The van der Waals surface area contributed by atoms with Crippen LogP contribution >= 0.6 is 0 Å². The van der Waals surface area contributed by atoms with Gasteiger partial charge in [0.1, 0.15) is 24.4 Å². The molecule has 0 spiro atoms. The number of alkyl carbamates (subject to hydrolysis) is 1. The van der Waals surface area contributed by atoms with Gasteiger partial charge in [-0.25, -0.2) is 9.59 Å². The molecule has 0 bridgehead atoms. The molecule has 0 radical (unpaired) electrons. The van der Waals surface area contributed by atoms with Gasteiger partial charge in [-0.05, 0) is 42.5 Å². The van der Waals surface area contributed by atoms with Crippen molar-refractivity contribution in [3.8, 4) is 5.75 Å². The van der Waals surface area contributed by atoms with Crippen LogP contribution in [0.25, 0.3) is 0 Å². The summed E-state index contributed by atoms with van der Waals surface area (Å²) in [6.07, 6.45) is 1.27. The van der Waals surface area contributed by atoms with E-state index in [2.05, 4.69) is 21.3 Å². The maximum absolute atomic E-state index is 13.5. The lowest BCUT2D eigenvalue weighted by atomic mass is 10.00. The monoisotopic (exact) mass is 599 g/mol. The number of hydrogen-bond acceptors (Lipinski definition) is 8. The zero-order chi connectivity index (χ0) is 31.6. The number of unbranched alkanes of at least 4 members (excludes halogenated alkanes) is 1. The first kappa shape index (κ1) is 34.6. The highest BCUT2D eigenvalue weighted by atomic mass is 16.5. The van der Waals surface area contributed by atoms with Crippen molar-refractivity contribution in [2.75, 3.05) is 13.2 Å². The molecule has 0 fully saturated rings. The number of phenolic OH excluding ortho intramolecular Hbond substituents is 1. The molecule has 13 heteroatoms. The molecule has 2 rings (SSSR count). The summed E-state index contributed by atoms with van der Waals surface area (Å²) in [5.74, 6) is -1.70. The van der Waals surface area contributed by atoms with Crippen molar-refractivity contribution in [1.82, 2.24) is 21.3 Å². The second kappa shape index (κ2) is 18.7. The number of rotatable bonds is 18. The Labute approximate surface area is 250 Å². The number of aliphatic hydroxyl groups is 1. The number of nitrogens with one attached hydrogen (secondary N) is 4. The number of nitrogens with two attached hydrogens (primary N) is 1. The van der Waals surface area contributed by atoms with E-state index in [1.807, 2.05) is 13.0 Å². The van der Waals surface area contributed by atoms with Gasteiger partial charge in [0, 0.05) is 19.4 Å². The molecule has 8 N–H and O–H groups in total. The number of primary amides is 1. The van der Waals surface area contributed by atoms with Crippen molar-refractivity contribution in [3.63, 3.8) is 0 Å². The molecule has 0 aromatic heterocycles. The molecule has 2 aromatic carbocycles. The highest BCUT2D eigenvalue weighted by Crippen LogP contribution is 2.13. The molecule has 5 amide bonds. The van der Waals surface area contributed by atoms with Crippen LogP contribution in [0, 0.1) is 0 Å². The summed E-state index contributed by atoms with van der Waals surface area (Å²) in [4.78, 5) is 62.8. The third-order valence-electron chi connectivity index (χ3n) is 6.46. The number of carbonyl (C=O) groups excluding carboxylic acids is 5. The van der Waals surface area contributed by atoms with E-state index in [-0.39, 0.29) is 43.9 Å². The van der Waals surface area contributed by atoms with Gasteiger partial charge in [0.25, 0.3) is 0 Å². The van der Waals surface area contributed by atoms with Gasteiger partial charge in [0.05, 0.1) is 12.6 Å². The van der Waals surface area contributed by atoms with Gasteiger partial charge in [0.15, 0.2) is 5.78 Å². The van der Waals surface area contributed by atoms with Gasteiger partial charge < -0.3 is 42.0 Å². The third kappa shape index (κ3) is 13.3. The number of urea groups is 1. The molecular formula is C30H41N5O8. The fraction of sp³-hybridized carbons (Fsp3) is 0.433. The lowest BCUT2D eigenvalue weighted by Gasteiger charge is -2.25. The molecule has 0 saturated carbocycles. The minimum atomic E-state index is -1.43. The predicted molar refractivity (Wildman–Crippen MR) is 158 cm³/mol. The molecule has 0 unspecified atom stereocenters. The summed E-state index contributed by atoms with van der Waals surface area (Å²) >= 11 is 0. The number of Topliss-reactive ketones (excluding diaryl/α,β-unsaturated/α-hetero) is 1. The Morgan fingerprint density at radius 3 is 2.12 bits per heavy atom. The molecule has 0 aliphatic rings. The number of phenols is 1. The summed E-state index contributed by atoms with van der Waals surface area (Å²) < 4.78 is 5.13. The normalized spacial score (nSPS) is 12.7. The molecule has 0 heterocycles. The molecule has 13 nitrogen and oxygen atoms in total. The van der Waals surface area contributed by atoms with Gasteiger partial charge in [-0.1, -0.05) is 55.8 Å². The minimum Gasteiger partial charge on any atom is -0.508 e. The van der Waals surface area contributed by atoms with Gasteiger partial charge in [-0.15, -0.1) is 0 Å². The van der Waals surface area contributed by atoms with Crippen LogP contribution < -0.4 is 27.0 Å². The van der Waals surface area contributed by atoms with Crippen LogP contribution in [0.5, 0.6) is 5.75 Å². The van der Waals surface area contributed by atoms with Crippen molar-refractivity contribution < 1.29 is 38.9 Å². The number of aliphatic hydroxyl groups excluding tert-OH is 1. The summed E-state index contributed by atoms with van der Waals surface area (Å²) in [7, 11) is 0. The lowest BCUT2D eigenvalue weighted by molar-refractivity contribution is -0.132. The smallest absolute Gasteiger partial charge is 0.408 e. The molecule has 0 aliphatic heterocycles. The largest absolute Gasteiger partial charge is 0.508 e. The number of aromatic hydroxyl groups is 1. The standard InChI is InChI=1S/C30H41N5O8/c1-2-3-11-26(38)23(10-7-16-32-29(31)41)33-27(39)24(17-20-12-14-22(37)15-13-20)34-28(40)25(18-36)35-30(42)43-19-21-8-5-4-6-9-21/h4-6,8-9,12-15,23-25,36-37H,2-3,7,10-11,16-19H2,1H3,(H,33,39)(H,34,40)(H,35,42)(H3,31,32,41)/t23-,24+,25+/m1/s1. The van der Waals surface area contributed by atoms with Crippen molar-refractivity contribution in [2.45, 2.75) is 70.2 Å². The Hall–Kier alpha value is -4.65. The van der Waals surface area contributed by atoms with Gasteiger partial charge in [-0.2, -0.15) is 0 Å². The number of carbonyl (C=O) groups is 5. The van der Waals surface area contributed by atoms with Crippen molar-refractivity contribution in [2.24, 2.45) is 5.73 Å². The maximum atomic E-state index is 13.5. The molecule has 0 saturated heterocycles. The average Bonchev–Trinajstić information content (AvgIpc) is 2.99. The third-order valence-corrected chi connectivity index (χ3v) is 6.46. The van der Waals surface area contributed by atoms with E-state index in [0.29, 0.717) is 18.4 Å². The Morgan fingerprint density at radius 1 is 0.837 bits per heavy atom. The highest BCUT2D eigenvalue weighted by Gasteiger charge is 2.29. The van der Waals surface area contributed by atoms with Crippen LogP contribution in [0.1, 0.15) is 50.2 Å². The second-order valence-corrected chi connectivity index (χ2v) is 9.94. The summed E-state index contributed by atoms with van der Waals surface area (Å²) in [6.45, 7) is 1.32. The molecule has 2 aromatic rings. The first-order valence-electron chi connectivity index (χ1n) is 14.2. The molecule has 3 atom stereocenters. The fourth-order valence-electron chi connectivity index (χ4n) is 4.08. The van der Waals surface area contributed by atoms with E-state index >= 15 is 0 Å². The Bertz CT molecular complexity index is 1190. The average molecular weight is 600 g/mol. The molecule has 43 heavy (non-hydrogen) atoms. The fourth-order valence-corrected chi connectivity index (χ4v) is 4.08. The minimum absolute atomic E-state index is 0.0125. The predicted octanol–water partition coefficient (Wildman–Crippen LogP) is 1.40. The lowest BCUT2D eigenvalue weighted by Crippen LogP contribution is -2.57. The van der Waals surface area contributed by atoms with Crippen LogP contribution in [0.4, 0.5) is 9.59 Å². The van der Waals surface area contributed by atoms with Gasteiger partial charge >= 0.3 is 12.1 Å². The summed E-state index contributed by atoms with van der Waals surface area (Å²) in [5, 5.41) is 29.5. The Morgan fingerprint density at radius 2 is 1.49 bits per heavy atom. The van der Waals surface area contributed by atoms with Gasteiger partial charge in [-0.3, -0.25) is 14.4 Å². The number of hydrogen-bond donors (Lipinski definition) is 7. The molecule has 234 valence electrons. The van der Waals surface area contributed by atoms with Crippen molar-refractivity contribution >= 4 is 29.7 Å². The SMILES string of the molecule is CCCCC(=O)[C@@H](CCCNC(N)=O)NC(=O)[C@H](Cc1ccc(O)cc1)NC(=O)[C@H](CO)NC(=O)OCc1ccccc1. The molecule has 0 aliphatic carbocycles.